The quantitative estimate of drug-likeness (QED) is 0.939. The molecule has 0 radical (unpaired) electrons. The Labute approximate surface area is 119 Å². The van der Waals surface area contributed by atoms with E-state index in [1.54, 1.807) is 23.0 Å². The lowest BCUT2D eigenvalue weighted by molar-refractivity contribution is -0.275. The summed E-state index contributed by atoms with van der Waals surface area (Å²) in [6.45, 7) is 3.31. The molecular formula is C14H15F3N2O2. The summed E-state index contributed by atoms with van der Waals surface area (Å²) in [7, 11) is 0. The number of halogens is 3. The number of nitrogens with zero attached hydrogens (tertiary/aromatic N) is 2. The molecule has 0 aliphatic rings. The van der Waals surface area contributed by atoms with Gasteiger partial charge in [0.1, 0.15) is 5.75 Å². The summed E-state index contributed by atoms with van der Waals surface area (Å²) in [5, 5.41) is 13.3. The summed E-state index contributed by atoms with van der Waals surface area (Å²) in [5.74, 6) is -0.404. The molecule has 7 heteroatoms. The van der Waals surface area contributed by atoms with Crippen molar-refractivity contribution in [1.29, 1.82) is 0 Å². The smallest absolute Gasteiger partial charge is 0.405 e. The van der Waals surface area contributed by atoms with Gasteiger partial charge in [0, 0.05) is 23.4 Å². The number of aromatic nitrogens is 2. The molecule has 0 bridgehead atoms. The fraction of sp³-hybridized carbons (Fsp3) is 0.357. The molecule has 0 saturated heterocycles. The summed E-state index contributed by atoms with van der Waals surface area (Å²) >= 11 is 0. The van der Waals surface area contributed by atoms with Gasteiger partial charge in [0.05, 0.1) is 12.3 Å². The third kappa shape index (κ3) is 3.55. The Hall–Kier alpha value is -2.02. The van der Waals surface area contributed by atoms with Crippen LogP contribution in [0.5, 0.6) is 5.75 Å². The van der Waals surface area contributed by atoms with Crippen molar-refractivity contribution in [3.05, 3.63) is 36.0 Å². The van der Waals surface area contributed by atoms with Gasteiger partial charge in [0.25, 0.3) is 0 Å². The van der Waals surface area contributed by atoms with Crippen molar-refractivity contribution < 1.29 is 23.0 Å². The number of hydrogen-bond donors (Lipinski definition) is 1. The minimum atomic E-state index is -4.80. The summed E-state index contributed by atoms with van der Waals surface area (Å²) < 4.78 is 42.9. The molecule has 0 aliphatic heterocycles. The van der Waals surface area contributed by atoms with Gasteiger partial charge in [0.15, 0.2) is 0 Å². The zero-order chi connectivity index (χ0) is 15.6. The van der Waals surface area contributed by atoms with Crippen LogP contribution in [0.4, 0.5) is 13.2 Å². The SMILES string of the molecule is CC(C)n1nccc1-c1ccc(CO)c(OC(F)(F)F)c1. The van der Waals surface area contributed by atoms with Crippen LogP contribution in [0.3, 0.4) is 0 Å². The molecule has 1 aromatic carbocycles. The predicted molar refractivity (Wildman–Crippen MR) is 70.7 cm³/mol. The molecule has 4 nitrogen and oxygen atoms in total. The van der Waals surface area contributed by atoms with Crippen molar-refractivity contribution >= 4 is 0 Å². The van der Waals surface area contributed by atoms with E-state index >= 15 is 0 Å². The van der Waals surface area contributed by atoms with Gasteiger partial charge < -0.3 is 9.84 Å². The number of rotatable bonds is 4. The molecule has 0 saturated carbocycles. The zero-order valence-electron chi connectivity index (χ0n) is 11.6. The highest BCUT2D eigenvalue weighted by molar-refractivity contribution is 5.63. The average molecular weight is 300 g/mol. The van der Waals surface area contributed by atoms with Crippen LogP contribution in [0.15, 0.2) is 30.5 Å². The molecule has 21 heavy (non-hydrogen) atoms. The third-order valence-electron chi connectivity index (χ3n) is 2.92. The van der Waals surface area contributed by atoms with Crippen LogP contribution in [0.25, 0.3) is 11.3 Å². The lowest BCUT2D eigenvalue weighted by atomic mass is 10.1. The average Bonchev–Trinajstić information content (AvgIpc) is 2.86. The number of alkyl halides is 3. The minimum absolute atomic E-state index is 0.0690. The molecule has 1 heterocycles. The Balaban J connectivity index is 2.46. The molecule has 0 amide bonds. The van der Waals surface area contributed by atoms with E-state index in [1.807, 2.05) is 13.8 Å². The monoisotopic (exact) mass is 300 g/mol. The van der Waals surface area contributed by atoms with Gasteiger partial charge in [-0.25, -0.2) is 0 Å². The largest absolute Gasteiger partial charge is 0.573 e. The first-order valence-corrected chi connectivity index (χ1v) is 6.35. The van der Waals surface area contributed by atoms with Crippen molar-refractivity contribution in [2.45, 2.75) is 32.9 Å². The van der Waals surface area contributed by atoms with E-state index in [0.29, 0.717) is 11.3 Å². The fourth-order valence-electron chi connectivity index (χ4n) is 2.02. The highest BCUT2D eigenvalue weighted by atomic mass is 19.4. The van der Waals surface area contributed by atoms with Crippen LogP contribution in [0.1, 0.15) is 25.5 Å². The lowest BCUT2D eigenvalue weighted by Gasteiger charge is -2.15. The first-order valence-electron chi connectivity index (χ1n) is 6.35. The van der Waals surface area contributed by atoms with Crippen molar-refractivity contribution in [1.82, 2.24) is 9.78 Å². The van der Waals surface area contributed by atoms with E-state index in [1.165, 1.54) is 12.1 Å². The first-order chi connectivity index (χ1) is 9.81. The van der Waals surface area contributed by atoms with E-state index < -0.39 is 18.7 Å². The van der Waals surface area contributed by atoms with E-state index in [-0.39, 0.29) is 11.6 Å². The van der Waals surface area contributed by atoms with Gasteiger partial charge in [-0.2, -0.15) is 5.10 Å². The topological polar surface area (TPSA) is 47.3 Å². The Kier molecular flexibility index (Phi) is 4.22. The molecule has 0 unspecified atom stereocenters. The predicted octanol–water partition coefficient (Wildman–Crippen LogP) is 3.52. The highest BCUT2D eigenvalue weighted by Gasteiger charge is 2.32. The molecule has 114 valence electrons. The normalized spacial score (nSPS) is 12.0. The molecule has 1 N–H and O–H groups in total. The number of aliphatic hydroxyl groups is 1. The molecule has 0 atom stereocenters. The van der Waals surface area contributed by atoms with E-state index in [0.717, 1.165) is 0 Å². The van der Waals surface area contributed by atoms with E-state index in [4.69, 9.17) is 5.11 Å². The van der Waals surface area contributed by atoms with Gasteiger partial charge in [-0.15, -0.1) is 13.2 Å². The summed E-state index contributed by atoms with van der Waals surface area (Å²) in [6, 6.07) is 6.08. The Bertz CT molecular complexity index is 621. The molecule has 0 fully saturated rings. The number of hydrogen-bond acceptors (Lipinski definition) is 3. The number of benzene rings is 1. The molecule has 0 spiro atoms. The molecule has 2 rings (SSSR count). The van der Waals surface area contributed by atoms with Crippen LogP contribution >= 0.6 is 0 Å². The van der Waals surface area contributed by atoms with Crippen LogP contribution in [-0.2, 0) is 6.61 Å². The summed E-state index contributed by atoms with van der Waals surface area (Å²) in [6.07, 6.45) is -3.22. The number of ether oxygens (including phenoxy) is 1. The second kappa shape index (κ2) is 5.77. The maximum Gasteiger partial charge on any atom is 0.573 e. The maximum absolute atomic E-state index is 12.4. The Morgan fingerprint density at radius 1 is 1.29 bits per heavy atom. The van der Waals surface area contributed by atoms with Gasteiger partial charge in [-0.05, 0) is 26.0 Å². The minimum Gasteiger partial charge on any atom is -0.405 e. The molecule has 0 aliphatic carbocycles. The Morgan fingerprint density at radius 3 is 2.57 bits per heavy atom. The molecular weight excluding hydrogens is 285 g/mol. The Morgan fingerprint density at radius 2 is 2.00 bits per heavy atom. The third-order valence-corrected chi connectivity index (χ3v) is 2.92. The summed E-state index contributed by atoms with van der Waals surface area (Å²) in [4.78, 5) is 0. The second-order valence-electron chi connectivity index (χ2n) is 4.78. The number of aliphatic hydroxyl groups excluding tert-OH is 1. The lowest BCUT2D eigenvalue weighted by Crippen LogP contribution is -2.18. The molecule has 2 aromatic rings. The van der Waals surface area contributed by atoms with Gasteiger partial charge in [0.2, 0.25) is 0 Å². The van der Waals surface area contributed by atoms with E-state index in [9.17, 15) is 13.2 Å². The van der Waals surface area contributed by atoms with Gasteiger partial charge in [-0.1, -0.05) is 12.1 Å². The fourth-order valence-corrected chi connectivity index (χ4v) is 2.02. The standard InChI is InChI=1S/C14H15F3N2O2/c1-9(2)19-12(5-6-18-19)10-3-4-11(8-20)13(7-10)21-14(15,16)17/h3-7,9,20H,8H2,1-2H3. The van der Waals surface area contributed by atoms with Crippen molar-refractivity contribution in [2.75, 3.05) is 0 Å². The van der Waals surface area contributed by atoms with Crippen LogP contribution in [0, 0.1) is 0 Å². The zero-order valence-corrected chi connectivity index (χ0v) is 11.6. The molecule has 1 aromatic heterocycles. The van der Waals surface area contributed by atoms with Crippen molar-refractivity contribution in [2.24, 2.45) is 0 Å². The van der Waals surface area contributed by atoms with Crippen LogP contribution in [0.2, 0.25) is 0 Å². The maximum atomic E-state index is 12.4. The summed E-state index contributed by atoms with van der Waals surface area (Å²) in [5.41, 5.74) is 1.30. The highest BCUT2D eigenvalue weighted by Crippen LogP contribution is 2.32. The van der Waals surface area contributed by atoms with Gasteiger partial charge in [-0.3, -0.25) is 4.68 Å². The van der Waals surface area contributed by atoms with Gasteiger partial charge >= 0.3 is 6.36 Å². The second-order valence-corrected chi connectivity index (χ2v) is 4.78. The first kappa shape index (κ1) is 15.4. The van der Waals surface area contributed by atoms with E-state index in [2.05, 4.69) is 9.84 Å². The van der Waals surface area contributed by atoms with Crippen LogP contribution < -0.4 is 4.74 Å². The van der Waals surface area contributed by atoms with Crippen molar-refractivity contribution in [3.8, 4) is 17.0 Å². The van der Waals surface area contributed by atoms with Crippen molar-refractivity contribution in [3.63, 3.8) is 0 Å². The van der Waals surface area contributed by atoms with Crippen LogP contribution in [-0.4, -0.2) is 21.2 Å².